The molecule has 1 N–H and O–H groups in total. The lowest BCUT2D eigenvalue weighted by Gasteiger charge is -2.16. The summed E-state index contributed by atoms with van der Waals surface area (Å²) in [7, 11) is 1.84. The van der Waals surface area contributed by atoms with Gasteiger partial charge >= 0.3 is 5.97 Å². The summed E-state index contributed by atoms with van der Waals surface area (Å²) in [6, 6.07) is 0. The van der Waals surface area contributed by atoms with Gasteiger partial charge in [0.15, 0.2) is 0 Å². The van der Waals surface area contributed by atoms with E-state index in [1.54, 1.807) is 4.68 Å². The van der Waals surface area contributed by atoms with Crippen LogP contribution in [0.1, 0.15) is 17.8 Å². The fourth-order valence-electron chi connectivity index (χ4n) is 1.74. The van der Waals surface area contributed by atoms with Gasteiger partial charge in [-0.05, 0) is 12.8 Å². The van der Waals surface area contributed by atoms with Gasteiger partial charge < -0.3 is 5.11 Å². The molecule has 1 aromatic heterocycles. The monoisotopic (exact) mass is 181 g/mol. The summed E-state index contributed by atoms with van der Waals surface area (Å²) >= 11 is 0. The predicted molar refractivity (Wildman–Crippen MR) is 44.2 cm³/mol. The van der Waals surface area contributed by atoms with Crippen molar-refractivity contribution < 1.29 is 9.90 Å². The number of carbonyl (C=O) groups is 1. The van der Waals surface area contributed by atoms with Crippen molar-refractivity contribution in [2.75, 3.05) is 0 Å². The van der Waals surface area contributed by atoms with Gasteiger partial charge in [-0.2, -0.15) is 0 Å². The largest absolute Gasteiger partial charge is 0.481 e. The molecule has 5 heteroatoms. The van der Waals surface area contributed by atoms with Crippen LogP contribution in [0, 0.1) is 5.92 Å². The highest BCUT2D eigenvalue weighted by Crippen LogP contribution is 2.23. The van der Waals surface area contributed by atoms with Crippen LogP contribution in [0.5, 0.6) is 0 Å². The molecule has 5 nitrogen and oxygen atoms in total. The number of aromatic nitrogens is 3. The molecule has 1 aliphatic rings. The molecule has 1 unspecified atom stereocenters. The van der Waals surface area contributed by atoms with Gasteiger partial charge in [0, 0.05) is 13.5 Å². The van der Waals surface area contributed by atoms with E-state index in [9.17, 15) is 4.79 Å². The molecule has 0 amide bonds. The Bertz CT molecular complexity index is 345. The smallest absolute Gasteiger partial charge is 0.306 e. The Morgan fingerprint density at radius 1 is 1.69 bits per heavy atom. The topological polar surface area (TPSA) is 68.0 Å². The minimum absolute atomic E-state index is 0.274. The van der Waals surface area contributed by atoms with E-state index in [2.05, 4.69) is 10.3 Å². The Balaban J connectivity index is 2.25. The number of aryl methyl sites for hydroxylation is 1. The molecular weight excluding hydrogens is 170 g/mol. The van der Waals surface area contributed by atoms with Crippen LogP contribution in [0.15, 0.2) is 0 Å². The van der Waals surface area contributed by atoms with Gasteiger partial charge in [0.05, 0.1) is 17.3 Å². The standard InChI is InChI=1S/C8H11N3O2/c1-11-7-3-2-5(8(12)13)4-6(7)9-10-11/h5H,2-4H2,1H3,(H,12,13). The van der Waals surface area contributed by atoms with E-state index in [0.29, 0.717) is 12.8 Å². The molecule has 0 saturated carbocycles. The van der Waals surface area contributed by atoms with Gasteiger partial charge in [-0.1, -0.05) is 5.21 Å². The molecule has 1 atom stereocenters. The van der Waals surface area contributed by atoms with Crippen LogP contribution in [0.2, 0.25) is 0 Å². The number of aliphatic carboxylic acids is 1. The van der Waals surface area contributed by atoms with Crippen molar-refractivity contribution in [3.05, 3.63) is 11.4 Å². The number of nitrogens with zero attached hydrogens (tertiary/aromatic N) is 3. The van der Waals surface area contributed by atoms with E-state index in [4.69, 9.17) is 5.11 Å². The molecule has 1 aliphatic carbocycles. The van der Waals surface area contributed by atoms with E-state index in [1.165, 1.54) is 0 Å². The van der Waals surface area contributed by atoms with Crippen molar-refractivity contribution in [1.82, 2.24) is 15.0 Å². The highest BCUT2D eigenvalue weighted by atomic mass is 16.4. The Labute approximate surface area is 75.4 Å². The Morgan fingerprint density at radius 2 is 2.46 bits per heavy atom. The molecule has 0 aliphatic heterocycles. The molecule has 0 aromatic carbocycles. The second-order valence-corrected chi connectivity index (χ2v) is 3.38. The molecule has 0 spiro atoms. The third-order valence-electron chi connectivity index (χ3n) is 2.54. The maximum Gasteiger partial charge on any atom is 0.306 e. The van der Waals surface area contributed by atoms with Crippen LogP contribution < -0.4 is 0 Å². The summed E-state index contributed by atoms with van der Waals surface area (Å²) in [5.74, 6) is -1.000. The lowest BCUT2D eigenvalue weighted by atomic mass is 9.90. The predicted octanol–water partition coefficient (Wildman–Crippen LogP) is 0.00460. The summed E-state index contributed by atoms with van der Waals surface area (Å²) in [6.45, 7) is 0. The number of carboxylic acid groups (broad SMARTS) is 1. The van der Waals surface area contributed by atoms with Crippen LogP contribution in [-0.2, 0) is 24.7 Å². The van der Waals surface area contributed by atoms with E-state index >= 15 is 0 Å². The molecule has 2 rings (SSSR count). The van der Waals surface area contributed by atoms with E-state index < -0.39 is 5.97 Å². The summed E-state index contributed by atoms with van der Waals surface area (Å²) in [6.07, 6.45) is 2.00. The maximum absolute atomic E-state index is 10.7. The number of fused-ring (bicyclic) bond motifs is 1. The third-order valence-corrected chi connectivity index (χ3v) is 2.54. The number of rotatable bonds is 1. The van der Waals surface area contributed by atoms with Crippen molar-refractivity contribution >= 4 is 5.97 Å². The molecule has 1 aromatic rings. The number of hydrogen-bond donors (Lipinski definition) is 1. The minimum Gasteiger partial charge on any atom is -0.481 e. The molecule has 0 saturated heterocycles. The second kappa shape index (κ2) is 2.83. The first-order chi connectivity index (χ1) is 6.18. The molecule has 13 heavy (non-hydrogen) atoms. The Morgan fingerprint density at radius 3 is 3.15 bits per heavy atom. The van der Waals surface area contributed by atoms with Gasteiger partial charge in [-0.3, -0.25) is 9.48 Å². The lowest BCUT2D eigenvalue weighted by molar-refractivity contribution is -0.142. The van der Waals surface area contributed by atoms with Crippen molar-refractivity contribution in [2.24, 2.45) is 13.0 Å². The number of carboxylic acids is 1. The van der Waals surface area contributed by atoms with Gasteiger partial charge in [-0.15, -0.1) is 5.10 Å². The zero-order valence-corrected chi connectivity index (χ0v) is 7.40. The highest BCUT2D eigenvalue weighted by molar-refractivity contribution is 5.70. The van der Waals surface area contributed by atoms with Crippen LogP contribution in [0.25, 0.3) is 0 Å². The zero-order valence-electron chi connectivity index (χ0n) is 7.40. The first-order valence-corrected chi connectivity index (χ1v) is 4.28. The minimum atomic E-state index is -0.726. The summed E-state index contributed by atoms with van der Waals surface area (Å²) in [5, 5.41) is 16.6. The molecular formula is C8H11N3O2. The first kappa shape index (κ1) is 8.22. The fraction of sp³-hybridized carbons (Fsp3) is 0.625. The van der Waals surface area contributed by atoms with Crippen LogP contribution in [-0.4, -0.2) is 26.1 Å². The van der Waals surface area contributed by atoms with Gasteiger partial charge in [0.25, 0.3) is 0 Å². The molecule has 1 heterocycles. The molecule has 70 valence electrons. The van der Waals surface area contributed by atoms with Crippen LogP contribution in [0.3, 0.4) is 0 Å². The lowest BCUT2D eigenvalue weighted by Crippen LogP contribution is -2.22. The maximum atomic E-state index is 10.7. The second-order valence-electron chi connectivity index (χ2n) is 3.38. The van der Waals surface area contributed by atoms with Crippen molar-refractivity contribution in [3.63, 3.8) is 0 Å². The SMILES string of the molecule is Cn1nnc2c1CCC(C(=O)O)C2. The van der Waals surface area contributed by atoms with Crippen molar-refractivity contribution in [3.8, 4) is 0 Å². The van der Waals surface area contributed by atoms with E-state index in [1.807, 2.05) is 7.05 Å². The summed E-state index contributed by atoms with van der Waals surface area (Å²) in [4.78, 5) is 10.7. The van der Waals surface area contributed by atoms with Crippen LogP contribution >= 0.6 is 0 Å². The van der Waals surface area contributed by atoms with Crippen molar-refractivity contribution in [2.45, 2.75) is 19.3 Å². The third kappa shape index (κ3) is 1.30. The first-order valence-electron chi connectivity index (χ1n) is 4.28. The summed E-state index contributed by atoms with van der Waals surface area (Å²) in [5.41, 5.74) is 1.93. The Hall–Kier alpha value is -1.39. The molecule has 0 bridgehead atoms. The quantitative estimate of drug-likeness (QED) is 0.662. The van der Waals surface area contributed by atoms with Gasteiger partial charge in [0.1, 0.15) is 0 Å². The summed E-state index contributed by atoms with van der Waals surface area (Å²) < 4.78 is 1.73. The zero-order chi connectivity index (χ0) is 9.42. The van der Waals surface area contributed by atoms with Crippen LogP contribution in [0.4, 0.5) is 0 Å². The Kier molecular flexibility index (Phi) is 1.79. The fourth-order valence-corrected chi connectivity index (χ4v) is 1.74. The van der Waals surface area contributed by atoms with Gasteiger partial charge in [0.2, 0.25) is 0 Å². The molecule has 0 radical (unpaired) electrons. The normalized spacial score (nSPS) is 21.2. The van der Waals surface area contributed by atoms with Crippen molar-refractivity contribution in [1.29, 1.82) is 0 Å². The van der Waals surface area contributed by atoms with Gasteiger partial charge in [-0.25, -0.2) is 0 Å². The average molecular weight is 181 g/mol. The van der Waals surface area contributed by atoms with E-state index in [-0.39, 0.29) is 5.92 Å². The molecule has 0 fully saturated rings. The highest BCUT2D eigenvalue weighted by Gasteiger charge is 2.27. The van der Waals surface area contributed by atoms with E-state index in [0.717, 1.165) is 17.8 Å². The average Bonchev–Trinajstić information content (AvgIpc) is 2.47. The number of hydrogen-bond acceptors (Lipinski definition) is 3.